The average molecular weight is 347 g/mol. The molecule has 132 valence electrons. The highest BCUT2D eigenvalue weighted by molar-refractivity contribution is 5.87. The van der Waals surface area contributed by atoms with Gasteiger partial charge in [0.2, 0.25) is 0 Å². The summed E-state index contributed by atoms with van der Waals surface area (Å²) in [6.45, 7) is 3.00. The number of carbonyl (C=O) groups is 1. The minimum atomic E-state index is -0.922. The highest BCUT2D eigenvalue weighted by Gasteiger charge is 2.21. The minimum absolute atomic E-state index is 0.277. The fourth-order valence-electron chi connectivity index (χ4n) is 3.46. The average Bonchev–Trinajstić information content (AvgIpc) is 2.83. The van der Waals surface area contributed by atoms with Crippen molar-refractivity contribution >= 4 is 11.8 Å². The van der Waals surface area contributed by atoms with Gasteiger partial charge >= 0.3 is 5.97 Å². The molecule has 0 spiro atoms. The quantitative estimate of drug-likeness (QED) is 0.741. The Balaban J connectivity index is 1.86. The monoisotopic (exact) mass is 347 g/mol. The van der Waals surface area contributed by atoms with Crippen molar-refractivity contribution in [1.82, 2.24) is 9.78 Å². The normalized spacial score (nSPS) is 13.6. The first-order chi connectivity index (χ1) is 12.6. The maximum absolute atomic E-state index is 11.1. The van der Waals surface area contributed by atoms with Crippen LogP contribution in [-0.4, -0.2) is 27.4 Å². The number of aromatic nitrogens is 2. The minimum Gasteiger partial charge on any atom is -0.478 e. The van der Waals surface area contributed by atoms with E-state index in [-0.39, 0.29) is 5.56 Å². The summed E-state index contributed by atoms with van der Waals surface area (Å²) in [5, 5.41) is 17.5. The van der Waals surface area contributed by atoms with Gasteiger partial charge in [0.05, 0.1) is 16.9 Å². The zero-order chi connectivity index (χ0) is 18.1. The second-order valence-electron chi connectivity index (χ2n) is 6.69. The van der Waals surface area contributed by atoms with Crippen molar-refractivity contribution in [2.24, 2.45) is 0 Å². The summed E-state index contributed by atoms with van der Waals surface area (Å²) >= 11 is 0. The Labute approximate surface area is 152 Å². The van der Waals surface area contributed by atoms with Crippen LogP contribution in [0.5, 0.6) is 0 Å². The SMILES string of the molecule is Cc1cccc(-c2nn(-c3ccc(C(=O)O)cc3)c3c2CCCCN3)c1. The predicted octanol–water partition coefficient (Wildman–Crippen LogP) is 4.29. The molecule has 2 N–H and O–H groups in total. The Morgan fingerprint density at radius 3 is 2.69 bits per heavy atom. The maximum atomic E-state index is 11.1. The number of nitrogens with one attached hydrogen (secondary N) is 1. The van der Waals surface area contributed by atoms with Gasteiger partial charge in [-0.25, -0.2) is 9.48 Å². The molecule has 0 amide bonds. The Kier molecular flexibility index (Phi) is 4.21. The smallest absolute Gasteiger partial charge is 0.335 e. The van der Waals surface area contributed by atoms with Gasteiger partial charge in [-0.2, -0.15) is 5.10 Å². The van der Waals surface area contributed by atoms with Gasteiger partial charge in [0.25, 0.3) is 0 Å². The number of nitrogens with zero attached hydrogens (tertiary/aromatic N) is 2. The van der Waals surface area contributed by atoms with Crippen LogP contribution in [0.1, 0.15) is 34.3 Å². The molecule has 3 aromatic rings. The highest BCUT2D eigenvalue weighted by Crippen LogP contribution is 2.34. The van der Waals surface area contributed by atoms with Crippen LogP contribution in [0, 0.1) is 6.92 Å². The molecule has 0 atom stereocenters. The van der Waals surface area contributed by atoms with Crippen LogP contribution in [0.15, 0.2) is 48.5 Å². The van der Waals surface area contributed by atoms with E-state index in [4.69, 9.17) is 10.2 Å². The van der Waals surface area contributed by atoms with Crippen molar-refractivity contribution < 1.29 is 9.90 Å². The third-order valence-corrected chi connectivity index (χ3v) is 4.78. The molecule has 1 aliphatic heterocycles. The van der Waals surface area contributed by atoms with Crippen LogP contribution in [0.4, 0.5) is 5.82 Å². The Morgan fingerprint density at radius 2 is 1.96 bits per heavy atom. The summed E-state index contributed by atoms with van der Waals surface area (Å²) in [7, 11) is 0. The molecule has 1 aliphatic rings. The van der Waals surface area contributed by atoms with Crippen molar-refractivity contribution in [3.8, 4) is 16.9 Å². The van der Waals surface area contributed by atoms with Crippen LogP contribution in [0.3, 0.4) is 0 Å². The molecule has 4 rings (SSSR count). The Bertz CT molecular complexity index is 958. The van der Waals surface area contributed by atoms with E-state index in [9.17, 15) is 4.79 Å². The van der Waals surface area contributed by atoms with Gasteiger partial charge in [-0.15, -0.1) is 0 Å². The zero-order valence-corrected chi connectivity index (χ0v) is 14.7. The van der Waals surface area contributed by atoms with E-state index >= 15 is 0 Å². The second-order valence-corrected chi connectivity index (χ2v) is 6.69. The maximum Gasteiger partial charge on any atom is 0.335 e. The summed E-state index contributed by atoms with van der Waals surface area (Å²) in [4.78, 5) is 11.1. The van der Waals surface area contributed by atoms with Crippen LogP contribution in [-0.2, 0) is 6.42 Å². The van der Waals surface area contributed by atoms with Crippen LogP contribution in [0.25, 0.3) is 16.9 Å². The van der Waals surface area contributed by atoms with Crippen molar-refractivity contribution in [2.75, 3.05) is 11.9 Å². The predicted molar refractivity (Wildman–Crippen MR) is 102 cm³/mol. The zero-order valence-electron chi connectivity index (χ0n) is 14.7. The molecule has 5 heteroatoms. The Morgan fingerprint density at radius 1 is 1.15 bits per heavy atom. The topological polar surface area (TPSA) is 67.2 Å². The van der Waals surface area contributed by atoms with Crippen LogP contribution < -0.4 is 5.32 Å². The lowest BCUT2D eigenvalue weighted by Gasteiger charge is -2.09. The first-order valence-electron chi connectivity index (χ1n) is 8.90. The number of benzene rings is 2. The highest BCUT2D eigenvalue weighted by atomic mass is 16.4. The molecule has 26 heavy (non-hydrogen) atoms. The van der Waals surface area contributed by atoms with Crippen molar-refractivity contribution in [3.05, 3.63) is 65.2 Å². The molecular formula is C21H21N3O2. The number of anilines is 1. The van der Waals surface area contributed by atoms with E-state index in [0.29, 0.717) is 0 Å². The first kappa shape index (κ1) is 16.4. The number of hydrogen-bond acceptors (Lipinski definition) is 3. The van der Waals surface area contributed by atoms with Gasteiger partial charge in [0.15, 0.2) is 0 Å². The number of rotatable bonds is 3. The third kappa shape index (κ3) is 2.96. The Hall–Kier alpha value is -3.08. The molecule has 0 radical (unpaired) electrons. The molecular weight excluding hydrogens is 326 g/mol. The van der Waals surface area contributed by atoms with Gasteiger partial charge in [-0.05, 0) is 56.5 Å². The summed E-state index contributed by atoms with van der Waals surface area (Å²) in [6.07, 6.45) is 3.24. The molecule has 0 aliphatic carbocycles. The third-order valence-electron chi connectivity index (χ3n) is 4.78. The van der Waals surface area contributed by atoms with E-state index in [1.165, 1.54) is 11.1 Å². The van der Waals surface area contributed by atoms with Crippen LogP contribution >= 0.6 is 0 Å². The molecule has 5 nitrogen and oxygen atoms in total. The first-order valence-corrected chi connectivity index (χ1v) is 8.90. The van der Waals surface area contributed by atoms with Crippen molar-refractivity contribution in [3.63, 3.8) is 0 Å². The molecule has 0 unspecified atom stereocenters. The second kappa shape index (κ2) is 6.67. The fraction of sp³-hybridized carbons (Fsp3) is 0.238. The van der Waals surface area contributed by atoms with Gasteiger partial charge in [0, 0.05) is 17.7 Å². The lowest BCUT2D eigenvalue weighted by atomic mass is 10.0. The van der Waals surface area contributed by atoms with E-state index < -0.39 is 5.97 Å². The standard InChI is InChI=1S/C21H21N3O2/c1-14-5-4-6-16(13-14)19-18-7-2-3-12-22-20(18)24(23-19)17-10-8-15(9-11-17)21(25)26/h4-6,8-11,13,22H,2-3,7,12H2,1H3,(H,25,26). The molecule has 0 bridgehead atoms. The number of carboxylic acids is 1. The van der Waals surface area contributed by atoms with Crippen molar-refractivity contribution in [2.45, 2.75) is 26.2 Å². The molecule has 1 aromatic heterocycles. The summed E-state index contributed by atoms with van der Waals surface area (Å²) in [6, 6.07) is 15.3. The van der Waals surface area contributed by atoms with E-state index in [1.807, 2.05) is 16.8 Å². The van der Waals surface area contributed by atoms with Gasteiger partial charge in [-0.1, -0.05) is 23.8 Å². The van der Waals surface area contributed by atoms with E-state index in [2.05, 4.69) is 36.5 Å². The lowest BCUT2D eigenvalue weighted by Crippen LogP contribution is -2.07. The molecule has 0 saturated carbocycles. The summed E-state index contributed by atoms with van der Waals surface area (Å²) in [5.41, 5.74) is 5.69. The van der Waals surface area contributed by atoms with E-state index in [0.717, 1.165) is 48.6 Å². The van der Waals surface area contributed by atoms with Gasteiger partial charge < -0.3 is 10.4 Å². The molecule has 0 saturated heterocycles. The summed E-state index contributed by atoms with van der Waals surface area (Å²) < 4.78 is 1.91. The number of fused-ring (bicyclic) bond motifs is 1. The molecule has 2 aromatic carbocycles. The fourth-order valence-corrected chi connectivity index (χ4v) is 3.46. The number of carboxylic acid groups (broad SMARTS) is 1. The van der Waals surface area contributed by atoms with Crippen LogP contribution in [0.2, 0.25) is 0 Å². The summed E-state index contributed by atoms with van der Waals surface area (Å²) in [5.74, 6) is 0.0940. The van der Waals surface area contributed by atoms with Crippen molar-refractivity contribution in [1.29, 1.82) is 0 Å². The van der Waals surface area contributed by atoms with Gasteiger partial charge in [0.1, 0.15) is 5.82 Å². The molecule has 2 heterocycles. The number of aryl methyl sites for hydroxylation is 1. The van der Waals surface area contributed by atoms with E-state index in [1.54, 1.807) is 12.1 Å². The van der Waals surface area contributed by atoms with Gasteiger partial charge in [-0.3, -0.25) is 0 Å². The number of hydrogen-bond donors (Lipinski definition) is 2. The largest absolute Gasteiger partial charge is 0.478 e. The number of aromatic carboxylic acids is 1. The lowest BCUT2D eigenvalue weighted by molar-refractivity contribution is 0.0697. The molecule has 0 fully saturated rings.